The van der Waals surface area contributed by atoms with E-state index in [1.807, 2.05) is 36.4 Å². The lowest BCUT2D eigenvalue weighted by atomic mass is 10.1. The SMILES string of the molecule is CN=C(NCCc1ccc(OC)c(OC)c1)NCc1ccc(OC)cc1OC.I. The summed E-state index contributed by atoms with van der Waals surface area (Å²) in [6.45, 7) is 1.32. The highest BCUT2D eigenvalue weighted by molar-refractivity contribution is 14.0. The maximum Gasteiger partial charge on any atom is 0.191 e. The minimum Gasteiger partial charge on any atom is -0.497 e. The van der Waals surface area contributed by atoms with Crippen LogP contribution in [0.25, 0.3) is 0 Å². The molecule has 0 aliphatic heterocycles. The van der Waals surface area contributed by atoms with E-state index < -0.39 is 0 Å². The average molecular weight is 515 g/mol. The van der Waals surface area contributed by atoms with Crippen molar-refractivity contribution >= 4 is 29.9 Å². The molecule has 2 rings (SSSR count). The largest absolute Gasteiger partial charge is 0.497 e. The second-order valence-corrected chi connectivity index (χ2v) is 5.97. The predicted octanol–water partition coefficient (Wildman–Crippen LogP) is 3.25. The molecule has 7 nitrogen and oxygen atoms in total. The van der Waals surface area contributed by atoms with Crippen LogP contribution in [0.1, 0.15) is 11.1 Å². The Balaban J connectivity index is 0.00000420. The summed E-state index contributed by atoms with van der Waals surface area (Å²) in [6, 6.07) is 11.7. The Morgan fingerprint density at radius 1 is 0.828 bits per heavy atom. The van der Waals surface area contributed by atoms with Crippen molar-refractivity contribution in [3.05, 3.63) is 47.5 Å². The number of nitrogens with zero attached hydrogens (tertiary/aromatic N) is 1. The van der Waals surface area contributed by atoms with Crippen molar-refractivity contribution in [1.29, 1.82) is 0 Å². The van der Waals surface area contributed by atoms with E-state index in [1.54, 1.807) is 35.5 Å². The van der Waals surface area contributed by atoms with Crippen molar-refractivity contribution in [3.63, 3.8) is 0 Å². The highest BCUT2D eigenvalue weighted by atomic mass is 127. The predicted molar refractivity (Wildman–Crippen MR) is 126 cm³/mol. The molecule has 29 heavy (non-hydrogen) atoms. The van der Waals surface area contributed by atoms with Gasteiger partial charge in [-0.25, -0.2) is 0 Å². The van der Waals surface area contributed by atoms with Gasteiger partial charge in [-0.1, -0.05) is 6.07 Å². The maximum absolute atomic E-state index is 5.43. The molecule has 0 heterocycles. The van der Waals surface area contributed by atoms with Crippen molar-refractivity contribution in [2.45, 2.75) is 13.0 Å². The molecule has 0 aliphatic carbocycles. The smallest absolute Gasteiger partial charge is 0.191 e. The summed E-state index contributed by atoms with van der Waals surface area (Å²) in [7, 11) is 8.30. The van der Waals surface area contributed by atoms with Crippen LogP contribution in [0.5, 0.6) is 23.0 Å². The van der Waals surface area contributed by atoms with Gasteiger partial charge in [0.15, 0.2) is 17.5 Å². The van der Waals surface area contributed by atoms with Gasteiger partial charge in [-0.05, 0) is 36.2 Å². The minimum atomic E-state index is 0. The van der Waals surface area contributed by atoms with Gasteiger partial charge < -0.3 is 29.6 Å². The number of hydrogen-bond acceptors (Lipinski definition) is 5. The van der Waals surface area contributed by atoms with Crippen molar-refractivity contribution in [1.82, 2.24) is 10.6 Å². The summed E-state index contributed by atoms with van der Waals surface area (Å²) < 4.78 is 21.3. The van der Waals surface area contributed by atoms with Gasteiger partial charge in [-0.2, -0.15) is 0 Å². The van der Waals surface area contributed by atoms with Gasteiger partial charge >= 0.3 is 0 Å². The molecule has 0 spiro atoms. The van der Waals surface area contributed by atoms with Crippen LogP contribution in [0, 0.1) is 0 Å². The number of guanidine groups is 1. The fourth-order valence-electron chi connectivity index (χ4n) is 2.76. The summed E-state index contributed by atoms with van der Waals surface area (Å²) in [6.07, 6.45) is 0.826. The van der Waals surface area contributed by atoms with Crippen LogP contribution in [0.2, 0.25) is 0 Å². The molecule has 2 aromatic carbocycles. The monoisotopic (exact) mass is 515 g/mol. The first-order valence-electron chi connectivity index (χ1n) is 9.01. The van der Waals surface area contributed by atoms with Crippen molar-refractivity contribution in [2.75, 3.05) is 42.0 Å². The third-order valence-corrected chi connectivity index (χ3v) is 4.32. The average Bonchev–Trinajstić information content (AvgIpc) is 2.75. The number of ether oxygens (including phenoxy) is 4. The molecular formula is C21H30IN3O4. The number of nitrogens with one attached hydrogen (secondary N) is 2. The zero-order valence-electron chi connectivity index (χ0n) is 17.6. The zero-order valence-corrected chi connectivity index (χ0v) is 19.9. The first-order chi connectivity index (χ1) is 13.6. The van der Waals surface area contributed by atoms with Crippen LogP contribution in [0.15, 0.2) is 41.4 Å². The normalized spacial score (nSPS) is 10.6. The van der Waals surface area contributed by atoms with E-state index >= 15 is 0 Å². The van der Waals surface area contributed by atoms with E-state index in [0.29, 0.717) is 6.54 Å². The van der Waals surface area contributed by atoms with Crippen molar-refractivity contribution in [2.24, 2.45) is 4.99 Å². The molecule has 0 aromatic heterocycles. The van der Waals surface area contributed by atoms with Crippen LogP contribution < -0.4 is 29.6 Å². The first kappa shape index (κ1) is 24.7. The van der Waals surface area contributed by atoms with Gasteiger partial charge in [-0.15, -0.1) is 24.0 Å². The number of benzene rings is 2. The van der Waals surface area contributed by atoms with E-state index in [-0.39, 0.29) is 24.0 Å². The summed E-state index contributed by atoms with van der Waals surface area (Å²) in [5, 5.41) is 6.61. The van der Waals surface area contributed by atoms with Crippen molar-refractivity contribution in [3.8, 4) is 23.0 Å². The molecule has 0 bridgehead atoms. The number of methoxy groups -OCH3 is 4. The molecule has 0 saturated heterocycles. The molecule has 160 valence electrons. The Hall–Kier alpha value is -2.36. The van der Waals surface area contributed by atoms with Gasteiger partial charge in [0.2, 0.25) is 0 Å². The third-order valence-electron chi connectivity index (χ3n) is 4.32. The molecule has 0 aliphatic rings. The van der Waals surface area contributed by atoms with Gasteiger partial charge in [0, 0.05) is 31.8 Å². The Kier molecular flexibility index (Phi) is 11.0. The first-order valence-corrected chi connectivity index (χ1v) is 9.01. The fourth-order valence-corrected chi connectivity index (χ4v) is 2.76. The highest BCUT2D eigenvalue weighted by Crippen LogP contribution is 2.27. The lowest BCUT2D eigenvalue weighted by Crippen LogP contribution is -2.37. The Morgan fingerprint density at radius 2 is 1.55 bits per heavy atom. The molecule has 0 unspecified atom stereocenters. The van der Waals surface area contributed by atoms with Crippen molar-refractivity contribution < 1.29 is 18.9 Å². The number of hydrogen-bond donors (Lipinski definition) is 2. The maximum atomic E-state index is 5.43. The number of rotatable bonds is 9. The number of halogens is 1. The molecule has 0 saturated carbocycles. The molecule has 0 amide bonds. The standard InChI is InChI=1S/C21H29N3O4.HI/c1-22-21(24-14-16-7-8-17(25-2)13-19(16)27-4)23-11-10-15-6-9-18(26-3)20(12-15)28-5;/h6-9,12-13H,10-11,14H2,1-5H3,(H2,22,23,24);1H. The van der Waals surface area contributed by atoms with Gasteiger partial charge in [0.1, 0.15) is 11.5 Å². The van der Waals surface area contributed by atoms with E-state index in [0.717, 1.165) is 53.1 Å². The second-order valence-electron chi connectivity index (χ2n) is 5.97. The Morgan fingerprint density at radius 3 is 2.17 bits per heavy atom. The summed E-state index contributed by atoms with van der Waals surface area (Å²) in [5.74, 6) is 3.71. The molecule has 0 atom stereocenters. The molecule has 2 N–H and O–H groups in total. The van der Waals surface area contributed by atoms with E-state index in [1.165, 1.54) is 0 Å². The van der Waals surface area contributed by atoms with Crippen LogP contribution in [-0.2, 0) is 13.0 Å². The van der Waals surface area contributed by atoms with E-state index in [9.17, 15) is 0 Å². The molecular weight excluding hydrogens is 485 g/mol. The van der Waals surface area contributed by atoms with Crippen LogP contribution in [0.3, 0.4) is 0 Å². The topological polar surface area (TPSA) is 73.3 Å². The zero-order chi connectivity index (χ0) is 20.4. The summed E-state index contributed by atoms with van der Waals surface area (Å²) in [4.78, 5) is 4.27. The minimum absolute atomic E-state index is 0. The quantitative estimate of drug-likeness (QED) is 0.304. The van der Waals surface area contributed by atoms with Crippen LogP contribution >= 0.6 is 24.0 Å². The van der Waals surface area contributed by atoms with E-state index in [4.69, 9.17) is 18.9 Å². The fraction of sp³-hybridized carbons (Fsp3) is 0.381. The second kappa shape index (κ2) is 13.0. The van der Waals surface area contributed by atoms with Gasteiger partial charge in [-0.3, -0.25) is 4.99 Å². The Labute approximate surface area is 189 Å². The highest BCUT2D eigenvalue weighted by Gasteiger charge is 2.07. The lowest BCUT2D eigenvalue weighted by molar-refractivity contribution is 0.354. The molecule has 2 aromatic rings. The van der Waals surface area contributed by atoms with Gasteiger partial charge in [0.25, 0.3) is 0 Å². The summed E-state index contributed by atoms with van der Waals surface area (Å²) >= 11 is 0. The van der Waals surface area contributed by atoms with E-state index in [2.05, 4.69) is 15.6 Å². The van der Waals surface area contributed by atoms with Gasteiger partial charge in [0.05, 0.1) is 28.4 Å². The van der Waals surface area contributed by atoms with Crippen LogP contribution in [-0.4, -0.2) is 48.0 Å². The molecule has 0 radical (unpaired) electrons. The molecule has 0 fully saturated rings. The third kappa shape index (κ3) is 7.19. The van der Waals surface area contributed by atoms with Crippen LogP contribution in [0.4, 0.5) is 0 Å². The number of aliphatic imine (C=N–C) groups is 1. The summed E-state index contributed by atoms with van der Waals surface area (Å²) in [5.41, 5.74) is 2.17. The lowest BCUT2D eigenvalue weighted by Gasteiger charge is -2.15. The molecule has 8 heteroatoms. The Bertz CT molecular complexity index is 799.